The maximum absolute atomic E-state index is 2.04. The van der Waals surface area contributed by atoms with Gasteiger partial charge in [-0.05, 0) is 17.9 Å². The Morgan fingerprint density at radius 1 is 1.00 bits per heavy atom. The van der Waals surface area contributed by atoms with E-state index in [9.17, 15) is 0 Å². The predicted octanol–water partition coefficient (Wildman–Crippen LogP) is 0.359. The van der Waals surface area contributed by atoms with Crippen molar-refractivity contribution in [3.8, 4) is 0 Å². The Kier molecular flexibility index (Phi) is 28.0. The van der Waals surface area contributed by atoms with Gasteiger partial charge in [-0.25, -0.2) is 0 Å². The van der Waals surface area contributed by atoms with Gasteiger partial charge in [-0.2, -0.15) is 11.8 Å². The summed E-state index contributed by atoms with van der Waals surface area (Å²) < 4.78 is 0. The quantitative estimate of drug-likeness (QED) is 0.582. The van der Waals surface area contributed by atoms with Crippen LogP contribution in [-0.4, -0.2) is 70.6 Å². The molecule has 1 fully saturated rings. The van der Waals surface area contributed by atoms with E-state index >= 15 is 0 Å². The van der Waals surface area contributed by atoms with Crippen LogP contribution in [0.15, 0.2) is 0 Å². The molecule has 0 spiro atoms. The molecule has 1 rings (SSSR count). The zero-order chi connectivity index (χ0) is 2.83. The molecule has 0 saturated carbocycles. The molecule has 0 aromatic carbocycles. The molecular formula is C3H6AuNa2S. The van der Waals surface area contributed by atoms with Gasteiger partial charge in [0.05, 0.1) is 0 Å². The van der Waals surface area contributed by atoms with Crippen LogP contribution in [0.5, 0.6) is 0 Å². The molecule has 37 valence electrons. The van der Waals surface area contributed by atoms with Crippen molar-refractivity contribution >= 4 is 70.9 Å². The Hall–Kier alpha value is 3.09. The Bertz CT molecular complexity index is 20.9. The molecule has 0 aromatic rings. The van der Waals surface area contributed by atoms with Gasteiger partial charge in [0.25, 0.3) is 0 Å². The number of hydrogen-bond acceptors (Lipinski definition) is 1. The van der Waals surface area contributed by atoms with Crippen LogP contribution >= 0.6 is 11.8 Å². The van der Waals surface area contributed by atoms with Crippen molar-refractivity contribution in [3.05, 3.63) is 0 Å². The predicted molar refractivity (Wildman–Crippen MR) is 33.4 cm³/mol. The third-order valence-corrected chi connectivity index (χ3v) is 1.73. The second-order valence-corrected chi connectivity index (χ2v) is 2.19. The van der Waals surface area contributed by atoms with Gasteiger partial charge >= 0.3 is 0 Å². The number of rotatable bonds is 0. The SMILES string of the molecule is C1CSC1.[Au].[Na].[Na]. The van der Waals surface area contributed by atoms with Crippen LogP contribution in [0, 0.1) is 0 Å². The Balaban J connectivity index is -0.0000000533. The normalized spacial score (nSPS) is 13.7. The first-order valence-corrected chi connectivity index (χ1v) is 2.73. The summed E-state index contributed by atoms with van der Waals surface area (Å²) in [5, 5.41) is 0. The second-order valence-electron chi connectivity index (χ2n) is 0.966. The third kappa shape index (κ3) is 9.09. The smallest absolute Gasteiger partial charge is 0 e. The van der Waals surface area contributed by atoms with Crippen LogP contribution in [0.2, 0.25) is 0 Å². The summed E-state index contributed by atoms with van der Waals surface area (Å²) in [6.45, 7) is 0. The van der Waals surface area contributed by atoms with Crippen LogP contribution in [0.1, 0.15) is 6.42 Å². The van der Waals surface area contributed by atoms with Crippen LogP contribution in [0.4, 0.5) is 0 Å². The van der Waals surface area contributed by atoms with Crippen molar-refractivity contribution in [1.29, 1.82) is 0 Å². The molecule has 7 heavy (non-hydrogen) atoms. The summed E-state index contributed by atoms with van der Waals surface area (Å²) in [7, 11) is 0. The molecule has 0 aliphatic carbocycles. The molecule has 0 aromatic heterocycles. The third-order valence-electron chi connectivity index (χ3n) is 0.577. The van der Waals surface area contributed by atoms with Crippen LogP contribution in [0.25, 0.3) is 0 Å². The summed E-state index contributed by atoms with van der Waals surface area (Å²) in [5.74, 6) is 2.83. The Morgan fingerprint density at radius 2 is 1.14 bits per heavy atom. The standard InChI is InChI=1S/C3H6S.Au.2Na/c1-2-4-3-1;;;/h1-3H2;;;. The molecular weight excluding hydrogens is 311 g/mol. The monoisotopic (exact) mass is 317 g/mol. The summed E-state index contributed by atoms with van der Waals surface area (Å²) >= 11 is 2.04. The van der Waals surface area contributed by atoms with Gasteiger partial charge in [0.1, 0.15) is 0 Å². The molecule has 0 amide bonds. The van der Waals surface area contributed by atoms with Crippen molar-refractivity contribution in [3.63, 3.8) is 0 Å². The summed E-state index contributed by atoms with van der Waals surface area (Å²) in [6.07, 6.45) is 1.46. The first-order valence-electron chi connectivity index (χ1n) is 1.58. The van der Waals surface area contributed by atoms with E-state index in [1.807, 2.05) is 11.8 Å². The van der Waals surface area contributed by atoms with Crippen molar-refractivity contribution in [1.82, 2.24) is 0 Å². The van der Waals surface area contributed by atoms with Crippen molar-refractivity contribution in [2.45, 2.75) is 6.42 Å². The van der Waals surface area contributed by atoms with Gasteiger partial charge < -0.3 is 0 Å². The van der Waals surface area contributed by atoms with E-state index < -0.39 is 0 Å². The van der Waals surface area contributed by atoms with E-state index in [2.05, 4.69) is 0 Å². The zero-order valence-electron chi connectivity index (χ0n) is 4.83. The maximum atomic E-state index is 2.04. The first-order chi connectivity index (χ1) is 2.00. The molecule has 1 heterocycles. The largest absolute Gasteiger partial charge is 0.162 e. The Labute approximate surface area is 109 Å². The number of hydrogen-bond donors (Lipinski definition) is 0. The molecule has 0 unspecified atom stereocenters. The van der Waals surface area contributed by atoms with Gasteiger partial charge in [0.15, 0.2) is 0 Å². The molecule has 0 atom stereocenters. The van der Waals surface area contributed by atoms with Gasteiger partial charge in [-0.1, -0.05) is 0 Å². The molecule has 0 N–H and O–H groups in total. The topological polar surface area (TPSA) is 0 Å². The van der Waals surface area contributed by atoms with Gasteiger partial charge in [0.2, 0.25) is 0 Å². The molecule has 4 heteroatoms. The summed E-state index contributed by atoms with van der Waals surface area (Å²) in [4.78, 5) is 0. The maximum Gasteiger partial charge on any atom is 0 e. The van der Waals surface area contributed by atoms with Crippen molar-refractivity contribution < 1.29 is 22.4 Å². The Morgan fingerprint density at radius 3 is 1.14 bits per heavy atom. The van der Waals surface area contributed by atoms with Gasteiger partial charge in [0, 0.05) is 81.5 Å². The fourth-order valence-corrected chi connectivity index (χ4v) is 0.433. The molecule has 1 aliphatic rings. The van der Waals surface area contributed by atoms with E-state index in [4.69, 9.17) is 0 Å². The average Bonchev–Trinajstić information content (AvgIpc) is 0.722. The van der Waals surface area contributed by atoms with E-state index in [-0.39, 0.29) is 81.5 Å². The second kappa shape index (κ2) is 11.8. The summed E-state index contributed by atoms with van der Waals surface area (Å²) in [5.41, 5.74) is 0. The molecule has 1 aliphatic heterocycles. The minimum Gasteiger partial charge on any atom is -0.162 e. The van der Waals surface area contributed by atoms with E-state index in [0.717, 1.165) is 0 Å². The molecule has 1 saturated heterocycles. The van der Waals surface area contributed by atoms with Gasteiger partial charge in [-0.15, -0.1) is 0 Å². The molecule has 0 nitrogen and oxygen atoms in total. The fourth-order valence-electron chi connectivity index (χ4n) is 0.144. The van der Waals surface area contributed by atoms with E-state index in [1.165, 1.54) is 17.9 Å². The summed E-state index contributed by atoms with van der Waals surface area (Å²) in [6, 6.07) is 0. The minimum atomic E-state index is 0. The van der Waals surface area contributed by atoms with Crippen LogP contribution in [0.3, 0.4) is 0 Å². The van der Waals surface area contributed by atoms with E-state index in [0.29, 0.717) is 0 Å². The van der Waals surface area contributed by atoms with Gasteiger partial charge in [-0.3, -0.25) is 0 Å². The van der Waals surface area contributed by atoms with Crippen LogP contribution in [-0.2, 0) is 22.4 Å². The minimum absolute atomic E-state index is 0. The van der Waals surface area contributed by atoms with Crippen molar-refractivity contribution in [2.24, 2.45) is 0 Å². The van der Waals surface area contributed by atoms with Crippen LogP contribution < -0.4 is 0 Å². The molecule has 3 radical (unpaired) electrons. The number of thioether (sulfide) groups is 1. The zero-order valence-corrected chi connectivity index (χ0v) is 11.8. The van der Waals surface area contributed by atoms with Crippen molar-refractivity contribution in [2.75, 3.05) is 11.5 Å². The molecule has 0 bridgehead atoms. The fraction of sp³-hybridized carbons (Fsp3) is 1.00. The average molecular weight is 317 g/mol. The van der Waals surface area contributed by atoms with E-state index in [1.54, 1.807) is 0 Å². The first kappa shape index (κ1) is 16.6.